The number of piperidine rings is 1. The van der Waals surface area contributed by atoms with Crippen molar-refractivity contribution < 1.29 is 0 Å². The predicted octanol–water partition coefficient (Wildman–Crippen LogP) is 5.30. The lowest BCUT2D eigenvalue weighted by Gasteiger charge is -2.26. The Balaban J connectivity index is 1.42. The summed E-state index contributed by atoms with van der Waals surface area (Å²) in [5.41, 5.74) is 11.9. The number of nitrogens with zero attached hydrogens (tertiary/aromatic N) is 3. The zero-order valence-electron chi connectivity index (χ0n) is 15.8. The monoisotopic (exact) mass is 388 g/mol. The minimum Gasteiger partial charge on any atom is -0.383 e. The van der Waals surface area contributed by atoms with Gasteiger partial charge in [-0.1, -0.05) is 36.8 Å². The van der Waals surface area contributed by atoms with Crippen molar-refractivity contribution in [3.05, 3.63) is 65.7 Å². The quantitative estimate of drug-likeness (QED) is 0.516. The predicted molar refractivity (Wildman–Crippen MR) is 117 cm³/mol. The lowest BCUT2D eigenvalue weighted by molar-refractivity contribution is 0.221. The molecule has 1 aromatic carbocycles. The Morgan fingerprint density at radius 1 is 0.929 bits per heavy atom. The molecule has 4 aromatic rings. The molecule has 0 spiro atoms. The van der Waals surface area contributed by atoms with Crippen molar-refractivity contribution in [3.8, 4) is 21.7 Å². The first-order valence-corrected chi connectivity index (χ1v) is 10.8. The van der Waals surface area contributed by atoms with Crippen LogP contribution in [0.1, 0.15) is 24.8 Å². The van der Waals surface area contributed by atoms with E-state index in [-0.39, 0.29) is 0 Å². The molecule has 0 bridgehead atoms. The molecular formula is C23H24N4S. The van der Waals surface area contributed by atoms with Gasteiger partial charge in [-0.25, -0.2) is 4.98 Å². The van der Waals surface area contributed by atoms with E-state index < -0.39 is 0 Å². The number of rotatable bonds is 4. The number of imidazole rings is 1. The van der Waals surface area contributed by atoms with Gasteiger partial charge in [0.25, 0.3) is 0 Å². The maximum absolute atomic E-state index is 6.41. The molecule has 4 nitrogen and oxygen atoms in total. The van der Waals surface area contributed by atoms with E-state index in [1.807, 2.05) is 16.5 Å². The van der Waals surface area contributed by atoms with Crippen LogP contribution in [0.5, 0.6) is 0 Å². The zero-order chi connectivity index (χ0) is 18.9. The van der Waals surface area contributed by atoms with Gasteiger partial charge in [0.15, 0.2) is 0 Å². The van der Waals surface area contributed by atoms with Crippen LogP contribution < -0.4 is 5.73 Å². The third-order valence-corrected chi connectivity index (χ3v) is 6.43. The highest BCUT2D eigenvalue weighted by Gasteiger charge is 2.13. The molecule has 28 heavy (non-hydrogen) atoms. The average Bonchev–Trinajstić information content (AvgIpc) is 3.37. The molecule has 4 heterocycles. The number of pyridine rings is 1. The highest BCUT2D eigenvalue weighted by Crippen LogP contribution is 2.31. The Kier molecular flexibility index (Phi) is 4.63. The summed E-state index contributed by atoms with van der Waals surface area (Å²) in [5.74, 6) is 0.695. The molecular weight excluding hydrogens is 364 g/mol. The average molecular weight is 389 g/mol. The second-order valence-corrected chi connectivity index (χ2v) is 8.45. The number of thiophene rings is 1. The molecule has 5 rings (SSSR count). The van der Waals surface area contributed by atoms with Crippen molar-refractivity contribution in [1.29, 1.82) is 0 Å². The lowest BCUT2D eigenvalue weighted by atomic mass is 10.0. The van der Waals surface area contributed by atoms with E-state index in [4.69, 9.17) is 10.7 Å². The lowest BCUT2D eigenvalue weighted by Crippen LogP contribution is -2.28. The highest BCUT2D eigenvalue weighted by molar-refractivity contribution is 7.13. The fourth-order valence-corrected chi connectivity index (χ4v) is 4.73. The first-order chi connectivity index (χ1) is 13.8. The van der Waals surface area contributed by atoms with Crippen LogP contribution in [0.25, 0.3) is 27.3 Å². The first kappa shape index (κ1) is 17.5. The Morgan fingerprint density at radius 3 is 2.46 bits per heavy atom. The van der Waals surface area contributed by atoms with Crippen LogP contribution >= 0.6 is 11.3 Å². The Labute approximate surface area is 169 Å². The van der Waals surface area contributed by atoms with Gasteiger partial charge in [-0.15, -0.1) is 11.3 Å². The molecule has 0 amide bonds. The van der Waals surface area contributed by atoms with Crippen molar-refractivity contribution in [2.75, 3.05) is 18.8 Å². The molecule has 0 radical (unpaired) electrons. The Bertz CT molecular complexity index is 1070. The third kappa shape index (κ3) is 3.32. The molecule has 0 aliphatic carbocycles. The van der Waals surface area contributed by atoms with E-state index in [0.717, 1.165) is 28.3 Å². The van der Waals surface area contributed by atoms with Crippen LogP contribution in [0.2, 0.25) is 0 Å². The Hall–Kier alpha value is -2.63. The number of fused-ring (bicyclic) bond motifs is 1. The topological polar surface area (TPSA) is 46.6 Å². The number of nitrogens with two attached hydrogens (primary N) is 1. The summed E-state index contributed by atoms with van der Waals surface area (Å²) >= 11 is 1.66. The number of anilines is 1. The number of hydrogen-bond donors (Lipinski definition) is 1. The van der Waals surface area contributed by atoms with E-state index in [0.29, 0.717) is 5.82 Å². The third-order valence-electron chi connectivity index (χ3n) is 5.55. The zero-order valence-corrected chi connectivity index (χ0v) is 16.7. The molecule has 5 heteroatoms. The summed E-state index contributed by atoms with van der Waals surface area (Å²) < 4.78 is 1.99. The van der Waals surface area contributed by atoms with Crippen LogP contribution in [0.15, 0.2) is 60.1 Å². The van der Waals surface area contributed by atoms with Crippen LogP contribution in [-0.2, 0) is 6.54 Å². The highest BCUT2D eigenvalue weighted by atomic mass is 32.1. The van der Waals surface area contributed by atoms with E-state index in [9.17, 15) is 0 Å². The summed E-state index contributed by atoms with van der Waals surface area (Å²) in [6.07, 6.45) is 6.13. The maximum Gasteiger partial charge on any atom is 0.139 e. The van der Waals surface area contributed by atoms with Crippen LogP contribution in [0, 0.1) is 0 Å². The van der Waals surface area contributed by atoms with Gasteiger partial charge < -0.3 is 5.73 Å². The van der Waals surface area contributed by atoms with E-state index in [2.05, 4.69) is 52.9 Å². The fourth-order valence-electron chi connectivity index (χ4n) is 4.01. The summed E-state index contributed by atoms with van der Waals surface area (Å²) in [5, 5.41) is 2.05. The van der Waals surface area contributed by atoms with Gasteiger partial charge in [0.05, 0.1) is 4.88 Å². The van der Waals surface area contributed by atoms with Gasteiger partial charge >= 0.3 is 0 Å². The van der Waals surface area contributed by atoms with E-state index >= 15 is 0 Å². The van der Waals surface area contributed by atoms with Gasteiger partial charge in [-0.2, -0.15) is 0 Å². The minimum absolute atomic E-state index is 0.695. The van der Waals surface area contributed by atoms with E-state index in [1.165, 1.54) is 43.5 Å². The van der Waals surface area contributed by atoms with Crippen molar-refractivity contribution in [2.45, 2.75) is 25.8 Å². The van der Waals surface area contributed by atoms with Crippen molar-refractivity contribution in [2.24, 2.45) is 0 Å². The largest absolute Gasteiger partial charge is 0.383 e. The van der Waals surface area contributed by atoms with Crippen LogP contribution in [0.4, 0.5) is 5.82 Å². The summed E-state index contributed by atoms with van der Waals surface area (Å²) in [4.78, 5) is 8.37. The summed E-state index contributed by atoms with van der Waals surface area (Å²) in [6.45, 7) is 3.51. The standard InChI is InChI=1S/C23H24N4S/c24-23-22(20-5-4-14-28-20)25-21-11-10-19(16-27(21)23)18-8-6-17(7-9-18)15-26-12-2-1-3-13-26/h4-11,14,16H,1-3,12-13,15,24H2. The normalized spacial score (nSPS) is 15.3. The van der Waals surface area contributed by atoms with Gasteiger partial charge in [-0.3, -0.25) is 9.30 Å². The maximum atomic E-state index is 6.41. The molecule has 0 unspecified atom stereocenters. The van der Waals surface area contributed by atoms with Gasteiger partial charge in [0.2, 0.25) is 0 Å². The second-order valence-electron chi connectivity index (χ2n) is 7.50. The summed E-state index contributed by atoms with van der Waals surface area (Å²) in [7, 11) is 0. The first-order valence-electron chi connectivity index (χ1n) is 9.91. The molecule has 1 fully saturated rings. The molecule has 2 N–H and O–H groups in total. The van der Waals surface area contributed by atoms with Crippen molar-refractivity contribution in [1.82, 2.24) is 14.3 Å². The van der Waals surface area contributed by atoms with Crippen molar-refractivity contribution >= 4 is 22.8 Å². The molecule has 0 atom stereocenters. The van der Waals surface area contributed by atoms with Gasteiger partial charge in [-0.05, 0) is 66.2 Å². The van der Waals surface area contributed by atoms with Crippen molar-refractivity contribution in [3.63, 3.8) is 0 Å². The van der Waals surface area contributed by atoms with Crippen LogP contribution in [-0.4, -0.2) is 27.4 Å². The number of nitrogen functional groups attached to an aromatic ring is 1. The summed E-state index contributed by atoms with van der Waals surface area (Å²) in [6, 6.07) is 17.2. The number of aromatic nitrogens is 2. The number of hydrogen-bond acceptors (Lipinski definition) is 4. The van der Waals surface area contributed by atoms with E-state index in [1.54, 1.807) is 11.3 Å². The number of benzene rings is 1. The van der Waals surface area contributed by atoms with Gasteiger partial charge in [0, 0.05) is 12.7 Å². The minimum atomic E-state index is 0.695. The van der Waals surface area contributed by atoms with Gasteiger partial charge in [0.1, 0.15) is 17.2 Å². The second kappa shape index (κ2) is 7.41. The number of likely N-dealkylation sites (tertiary alicyclic amines) is 1. The molecule has 1 aliphatic rings. The Morgan fingerprint density at radius 2 is 1.71 bits per heavy atom. The molecule has 0 saturated carbocycles. The SMILES string of the molecule is Nc1c(-c2cccs2)nc2ccc(-c3ccc(CN4CCCCC4)cc3)cn12. The molecule has 1 saturated heterocycles. The molecule has 1 aliphatic heterocycles. The molecule has 142 valence electrons. The molecule has 3 aromatic heterocycles. The van der Waals surface area contributed by atoms with Crippen LogP contribution in [0.3, 0.4) is 0 Å². The fraction of sp³-hybridized carbons (Fsp3) is 0.261. The smallest absolute Gasteiger partial charge is 0.139 e.